The van der Waals surface area contributed by atoms with Crippen LogP contribution in [-0.2, 0) is 25.6 Å². The SMILES string of the molecule is C=CCn1c(=O)cc(C)c2ccc(NC(=O)[C@H](CCCCNC(=O)OC(C)(C)C)NC(=O)[C@H](CC3CCCCC3)NC(=O)OCC3c4ccccc4-c4ccccc43)cc21. The van der Waals surface area contributed by atoms with Crippen molar-refractivity contribution < 1.29 is 28.7 Å². The van der Waals surface area contributed by atoms with Crippen molar-refractivity contribution in [1.29, 1.82) is 0 Å². The fraction of sp³-hybridized carbons (Fsp3) is 0.438. The molecule has 12 nitrogen and oxygen atoms in total. The Morgan fingerprint density at radius 3 is 2.20 bits per heavy atom. The molecule has 3 aromatic carbocycles. The normalized spacial score (nSPS) is 14.9. The van der Waals surface area contributed by atoms with Crippen molar-refractivity contribution in [3.05, 3.63) is 112 Å². The molecule has 0 radical (unpaired) electrons. The van der Waals surface area contributed by atoms with Gasteiger partial charge in [-0.25, -0.2) is 9.59 Å². The monoisotopic (exact) mass is 817 g/mol. The summed E-state index contributed by atoms with van der Waals surface area (Å²) in [5.41, 5.74) is 5.50. The molecule has 1 fully saturated rings. The zero-order valence-corrected chi connectivity index (χ0v) is 35.3. The highest BCUT2D eigenvalue weighted by molar-refractivity contribution is 5.99. The second kappa shape index (κ2) is 19.9. The highest BCUT2D eigenvalue weighted by Crippen LogP contribution is 2.44. The lowest BCUT2D eigenvalue weighted by molar-refractivity contribution is -0.128. The molecule has 0 spiro atoms. The highest BCUT2D eigenvalue weighted by atomic mass is 16.6. The summed E-state index contributed by atoms with van der Waals surface area (Å²) in [4.78, 5) is 67.2. The number of aryl methyl sites for hydroxylation is 1. The van der Waals surface area contributed by atoms with Crippen LogP contribution in [0.4, 0.5) is 15.3 Å². The minimum Gasteiger partial charge on any atom is -0.449 e. The number of amides is 4. The Labute approximate surface area is 352 Å². The second-order valence-electron chi connectivity index (χ2n) is 17.0. The molecular formula is C48H59N5O7. The predicted molar refractivity (Wildman–Crippen MR) is 235 cm³/mol. The number of nitrogens with zero attached hydrogens (tertiary/aromatic N) is 1. The Morgan fingerprint density at radius 2 is 1.53 bits per heavy atom. The number of hydrogen-bond acceptors (Lipinski definition) is 7. The van der Waals surface area contributed by atoms with Crippen molar-refractivity contribution in [3.63, 3.8) is 0 Å². The largest absolute Gasteiger partial charge is 0.449 e. The van der Waals surface area contributed by atoms with Gasteiger partial charge >= 0.3 is 12.2 Å². The van der Waals surface area contributed by atoms with Gasteiger partial charge in [0.05, 0.1) is 5.52 Å². The summed E-state index contributed by atoms with van der Waals surface area (Å²) in [6.45, 7) is 11.7. The highest BCUT2D eigenvalue weighted by Gasteiger charge is 2.32. The van der Waals surface area contributed by atoms with Gasteiger partial charge in [0.1, 0.15) is 24.3 Å². The van der Waals surface area contributed by atoms with E-state index in [9.17, 15) is 24.0 Å². The fourth-order valence-corrected chi connectivity index (χ4v) is 8.46. The number of rotatable bonds is 16. The van der Waals surface area contributed by atoms with Crippen LogP contribution in [0.3, 0.4) is 0 Å². The number of ether oxygens (including phenoxy) is 2. The summed E-state index contributed by atoms with van der Waals surface area (Å²) in [6, 6.07) is 21.2. The van der Waals surface area contributed by atoms with Gasteiger partial charge in [-0.2, -0.15) is 0 Å². The van der Waals surface area contributed by atoms with E-state index in [1.165, 1.54) is 0 Å². The van der Waals surface area contributed by atoms with Crippen molar-refractivity contribution in [2.24, 2.45) is 5.92 Å². The van der Waals surface area contributed by atoms with E-state index in [1.54, 1.807) is 49.6 Å². The lowest BCUT2D eigenvalue weighted by Crippen LogP contribution is -2.53. The van der Waals surface area contributed by atoms with E-state index in [0.717, 1.165) is 65.3 Å². The average molecular weight is 818 g/mol. The quantitative estimate of drug-likeness (QED) is 0.0653. The number of nitrogens with one attached hydrogen (secondary N) is 4. The second-order valence-corrected chi connectivity index (χ2v) is 17.0. The van der Waals surface area contributed by atoms with Gasteiger partial charge in [-0.1, -0.05) is 92.8 Å². The maximum atomic E-state index is 14.3. The van der Waals surface area contributed by atoms with Crippen LogP contribution in [-0.4, -0.2) is 59.4 Å². The number of pyridine rings is 1. The van der Waals surface area contributed by atoms with Crippen LogP contribution in [0.5, 0.6) is 0 Å². The first kappa shape index (κ1) is 43.7. The number of anilines is 1. The van der Waals surface area contributed by atoms with E-state index in [2.05, 4.69) is 52.1 Å². The van der Waals surface area contributed by atoms with Crippen molar-refractivity contribution in [3.8, 4) is 11.1 Å². The first-order valence-corrected chi connectivity index (χ1v) is 21.3. The number of fused-ring (bicyclic) bond motifs is 4. The van der Waals surface area contributed by atoms with Crippen molar-refractivity contribution in [2.75, 3.05) is 18.5 Å². The van der Waals surface area contributed by atoms with Crippen LogP contribution in [0.15, 0.2) is 90.2 Å². The molecule has 1 saturated carbocycles. The summed E-state index contributed by atoms with van der Waals surface area (Å²) in [5.74, 6) is -0.846. The van der Waals surface area contributed by atoms with Gasteiger partial charge in [0, 0.05) is 36.1 Å². The fourth-order valence-electron chi connectivity index (χ4n) is 8.46. The Hall–Kier alpha value is -5.91. The van der Waals surface area contributed by atoms with Crippen molar-refractivity contribution >= 4 is 40.6 Å². The van der Waals surface area contributed by atoms with Crippen LogP contribution in [0.25, 0.3) is 22.0 Å². The van der Waals surface area contributed by atoms with Crippen molar-refractivity contribution in [2.45, 2.75) is 116 Å². The van der Waals surface area contributed by atoms with E-state index in [0.29, 0.717) is 43.6 Å². The Balaban J connectivity index is 1.18. The molecule has 1 aromatic heterocycles. The number of allylic oxidation sites excluding steroid dienone is 1. The topological polar surface area (TPSA) is 157 Å². The molecule has 4 amide bonds. The molecule has 4 aromatic rings. The van der Waals surface area contributed by atoms with Crippen LogP contribution in [0.2, 0.25) is 0 Å². The average Bonchev–Trinajstić information content (AvgIpc) is 3.53. The zero-order chi connectivity index (χ0) is 42.8. The van der Waals surface area contributed by atoms with E-state index >= 15 is 0 Å². The summed E-state index contributed by atoms with van der Waals surface area (Å²) in [6.07, 6.45) is 7.22. The Bertz CT molecular complexity index is 2210. The predicted octanol–water partition coefficient (Wildman–Crippen LogP) is 8.49. The minimum absolute atomic E-state index is 0.103. The van der Waals surface area contributed by atoms with Gasteiger partial charge in [0.25, 0.3) is 5.56 Å². The number of unbranched alkanes of at least 4 members (excludes halogenated alkanes) is 1. The van der Waals surface area contributed by atoms with Crippen LogP contribution < -0.4 is 26.8 Å². The Kier molecular flexibility index (Phi) is 14.5. The number of aromatic nitrogens is 1. The maximum Gasteiger partial charge on any atom is 0.407 e. The van der Waals surface area contributed by atoms with Gasteiger partial charge < -0.3 is 35.3 Å². The smallest absolute Gasteiger partial charge is 0.407 e. The standard InChI is InChI=1S/C48H59N5O7/c1-6-26-53-42-29-33(23-24-34(42)31(2)27-43(53)54)50-44(55)40(22-14-15-25-49-46(57)60-48(3,4)5)51-45(56)41(28-32-16-8-7-9-17-32)52-47(58)59-30-39-37-20-12-10-18-35(37)36-19-11-13-21-38(36)39/h6,10-13,18-21,23-24,27,29,32,39-41H,1,7-9,14-17,22,25-26,28,30H2,2-5H3,(H,49,57)(H,50,55)(H,51,56)(H,52,58)/t40-,41-/m0/s1. The summed E-state index contributed by atoms with van der Waals surface area (Å²) in [5, 5.41) is 12.4. The van der Waals surface area contributed by atoms with E-state index < -0.39 is 41.7 Å². The van der Waals surface area contributed by atoms with Crippen LogP contribution >= 0.6 is 0 Å². The number of alkyl carbamates (subject to hydrolysis) is 2. The molecule has 0 aliphatic heterocycles. The third-order valence-electron chi connectivity index (χ3n) is 11.4. The Morgan fingerprint density at radius 1 is 0.850 bits per heavy atom. The zero-order valence-electron chi connectivity index (χ0n) is 35.3. The van der Waals surface area contributed by atoms with Crippen LogP contribution in [0.1, 0.15) is 101 Å². The van der Waals surface area contributed by atoms with Gasteiger partial charge in [-0.05, 0) is 99.2 Å². The number of hydrogen-bond donors (Lipinski definition) is 4. The first-order valence-electron chi connectivity index (χ1n) is 21.3. The molecular weight excluding hydrogens is 759 g/mol. The molecule has 2 aliphatic carbocycles. The molecule has 6 rings (SSSR count). The molecule has 318 valence electrons. The molecule has 2 atom stereocenters. The molecule has 2 aliphatic rings. The molecule has 0 saturated heterocycles. The molecule has 60 heavy (non-hydrogen) atoms. The summed E-state index contributed by atoms with van der Waals surface area (Å²) >= 11 is 0. The maximum absolute atomic E-state index is 14.3. The third-order valence-corrected chi connectivity index (χ3v) is 11.4. The summed E-state index contributed by atoms with van der Waals surface area (Å²) in [7, 11) is 0. The third kappa shape index (κ3) is 11.2. The van der Waals surface area contributed by atoms with E-state index in [1.807, 2.05) is 37.3 Å². The van der Waals surface area contributed by atoms with Gasteiger partial charge in [-0.3, -0.25) is 14.4 Å². The number of carbonyl (C=O) groups excluding carboxylic acids is 4. The molecule has 4 N–H and O–H groups in total. The molecule has 12 heteroatoms. The van der Waals surface area contributed by atoms with Crippen molar-refractivity contribution in [1.82, 2.24) is 20.5 Å². The molecule has 0 bridgehead atoms. The lowest BCUT2D eigenvalue weighted by atomic mass is 9.84. The van der Waals surface area contributed by atoms with Gasteiger partial charge in [0.2, 0.25) is 11.8 Å². The minimum atomic E-state index is -0.985. The van der Waals surface area contributed by atoms with Crippen LogP contribution in [0, 0.1) is 12.8 Å². The summed E-state index contributed by atoms with van der Waals surface area (Å²) < 4.78 is 12.8. The van der Waals surface area contributed by atoms with E-state index in [4.69, 9.17) is 9.47 Å². The first-order chi connectivity index (χ1) is 28.8. The molecule has 0 unspecified atom stereocenters. The lowest BCUT2D eigenvalue weighted by Gasteiger charge is -2.28. The molecule has 1 heterocycles. The number of carbonyl (C=O) groups is 4. The van der Waals surface area contributed by atoms with E-state index in [-0.39, 0.29) is 30.4 Å². The van der Waals surface area contributed by atoms with Gasteiger partial charge in [-0.15, -0.1) is 6.58 Å². The van der Waals surface area contributed by atoms with Gasteiger partial charge in [0.15, 0.2) is 0 Å². The number of benzene rings is 3.